The van der Waals surface area contributed by atoms with Crippen LogP contribution in [0.3, 0.4) is 0 Å². The molecule has 1 heterocycles. The van der Waals surface area contributed by atoms with Crippen molar-refractivity contribution in [2.45, 2.75) is 43.6 Å². The molecular formula is C26H31Cl2N3O2. The van der Waals surface area contributed by atoms with Crippen LogP contribution in [0.25, 0.3) is 0 Å². The summed E-state index contributed by atoms with van der Waals surface area (Å²) in [6.45, 7) is 3.07. The van der Waals surface area contributed by atoms with Gasteiger partial charge in [0, 0.05) is 36.2 Å². The van der Waals surface area contributed by atoms with E-state index in [2.05, 4.69) is 29.4 Å². The van der Waals surface area contributed by atoms with Crippen molar-refractivity contribution in [3.63, 3.8) is 0 Å². The maximum absolute atomic E-state index is 13.5. The zero-order valence-electron chi connectivity index (χ0n) is 19.0. The van der Waals surface area contributed by atoms with Gasteiger partial charge in [-0.3, -0.25) is 9.59 Å². The molecule has 1 N–H and O–H groups in total. The van der Waals surface area contributed by atoms with Crippen molar-refractivity contribution in [3.05, 3.63) is 69.7 Å². The zero-order chi connectivity index (χ0) is 23.4. The van der Waals surface area contributed by atoms with Crippen molar-refractivity contribution in [1.82, 2.24) is 15.1 Å². The fraction of sp³-hybridized carbons (Fsp3) is 0.462. The van der Waals surface area contributed by atoms with Crippen molar-refractivity contribution in [2.24, 2.45) is 0 Å². The molecule has 7 heteroatoms. The fourth-order valence-corrected chi connectivity index (χ4v) is 5.17. The summed E-state index contributed by atoms with van der Waals surface area (Å²) in [5.74, 6) is -0.0959. The predicted octanol–water partition coefficient (Wildman–Crippen LogP) is 4.31. The van der Waals surface area contributed by atoms with Gasteiger partial charge >= 0.3 is 0 Å². The van der Waals surface area contributed by atoms with E-state index in [1.165, 1.54) is 5.56 Å². The van der Waals surface area contributed by atoms with Crippen LogP contribution in [-0.2, 0) is 21.4 Å². The Bertz CT molecular complexity index is 986. The molecule has 0 radical (unpaired) electrons. The second-order valence-corrected chi connectivity index (χ2v) is 10.1. The Morgan fingerprint density at radius 3 is 2.36 bits per heavy atom. The zero-order valence-corrected chi connectivity index (χ0v) is 20.5. The van der Waals surface area contributed by atoms with Gasteiger partial charge in [-0.2, -0.15) is 0 Å². The Morgan fingerprint density at radius 2 is 1.73 bits per heavy atom. The maximum Gasteiger partial charge on any atom is 0.245 e. The summed E-state index contributed by atoms with van der Waals surface area (Å²) in [4.78, 5) is 31.0. The molecule has 1 unspecified atom stereocenters. The SMILES string of the molecule is CN1CCN(C(=O)C(CCCc2ccccc2)NC(=O)C2(c3ccc(Cl)cc3Cl)CC2)CC1. The molecule has 2 aromatic carbocycles. The Morgan fingerprint density at radius 1 is 1.03 bits per heavy atom. The molecule has 2 amide bonds. The minimum atomic E-state index is -0.665. The summed E-state index contributed by atoms with van der Waals surface area (Å²) < 4.78 is 0. The van der Waals surface area contributed by atoms with Crippen LogP contribution in [0.4, 0.5) is 0 Å². The molecule has 2 aliphatic rings. The number of benzene rings is 2. The lowest BCUT2D eigenvalue weighted by Crippen LogP contribution is -2.55. The van der Waals surface area contributed by atoms with Gasteiger partial charge in [-0.25, -0.2) is 0 Å². The number of piperazine rings is 1. The molecule has 0 spiro atoms. The number of rotatable bonds is 8. The average molecular weight is 488 g/mol. The van der Waals surface area contributed by atoms with Crippen LogP contribution in [0.2, 0.25) is 10.0 Å². The number of halogens is 2. The first kappa shape index (κ1) is 24.1. The molecule has 1 atom stereocenters. The molecule has 1 aliphatic heterocycles. The summed E-state index contributed by atoms with van der Waals surface area (Å²) in [6, 6.07) is 15.0. The maximum atomic E-state index is 13.5. The van der Waals surface area contributed by atoms with Gasteiger partial charge in [0.2, 0.25) is 11.8 Å². The minimum Gasteiger partial charge on any atom is -0.344 e. The second kappa shape index (κ2) is 10.5. The largest absolute Gasteiger partial charge is 0.344 e. The van der Waals surface area contributed by atoms with Gasteiger partial charge < -0.3 is 15.1 Å². The van der Waals surface area contributed by atoms with E-state index in [0.29, 0.717) is 29.6 Å². The number of hydrogen-bond donors (Lipinski definition) is 1. The number of hydrogen-bond acceptors (Lipinski definition) is 3. The number of amides is 2. The molecule has 2 fully saturated rings. The molecule has 4 rings (SSSR count). The Hall–Kier alpha value is -2.08. The van der Waals surface area contributed by atoms with E-state index in [1.54, 1.807) is 12.1 Å². The highest BCUT2D eigenvalue weighted by molar-refractivity contribution is 6.35. The molecular weight excluding hydrogens is 457 g/mol. The van der Waals surface area contributed by atoms with Crippen LogP contribution < -0.4 is 5.32 Å². The van der Waals surface area contributed by atoms with E-state index in [0.717, 1.165) is 44.3 Å². The molecule has 0 bridgehead atoms. The lowest BCUT2D eigenvalue weighted by atomic mass is 9.94. The highest BCUT2D eigenvalue weighted by Gasteiger charge is 2.53. The molecule has 33 heavy (non-hydrogen) atoms. The van der Waals surface area contributed by atoms with E-state index in [9.17, 15) is 9.59 Å². The predicted molar refractivity (Wildman–Crippen MR) is 133 cm³/mol. The lowest BCUT2D eigenvalue weighted by Gasteiger charge is -2.35. The van der Waals surface area contributed by atoms with Crippen molar-refractivity contribution >= 4 is 35.0 Å². The summed E-state index contributed by atoms with van der Waals surface area (Å²) in [5.41, 5.74) is 1.37. The van der Waals surface area contributed by atoms with E-state index in [-0.39, 0.29) is 11.8 Å². The van der Waals surface area contributed by atoms with Crippen LogP contribution in [-0.4, -0.2) is 60.9 Å². The Kier molecular flexibility index (Phi) is 7.62. The van der Waals surface area contributed by atoms with Gasteiger partial charge in [0.05, 0.1) is 5.41 Å². The number of carbonyl (C=O) groups is 2. The van der Waals surface area contributed by atoms with Crippen molar-refractivity contribution in [2.75, 3.05) is 33.2 Å². The molecule has 1 saturated carbocycles. The first-order valence-corrected chi connectivity index (χ1v) is 12.4. The molecule has 5 nitrogen and oxygen atoms in total. The summed E-state index contributed by atoms with van der Waals surface area (Å²) in [7, 11) is 2.06. The Labute approximate surface area is 206 Å². The van der Waals surface area contributed by atoms with Gasteiger partial charge in [-0.15, -0.1) is 0 Å². The standard InChI is InChI=1S/C26H31Cl2N3O2/c1-30-14-16-31(17-15-30)24(32)23(9-5-8-19-6-3-2-4-7-19)29-25(33)26(12-13-26)21-11-10-20(27)18-22(21)28/h2-4,6-7,10-11,18,23H,5,8-9,12-17H2,1H3,(H,29,33). The van der Waals surface area contributed by atoms with E-state index in [4.69, 9.17) is 23.2 Å². The minimum absolute atomic E-state index is 0.0162. The van der Waals surface area contributed by atoms with Crippen LogP contribution in [0.15, 0.2) is 48.5 Å². The van der Waals surface area contributed by atoms with Crippen LogP contribution in [0.5, 0.6) is 0 Å². The van der Waals surface area contributed by atoms with Crippen LogP contribution >= 0.6 is 23.2 Å². The van der Waals surface area contributed by atoms with Gasteiger partial charge in [-0.05, 0) is 62.4 Å². The number of likely N-dealkylation sites (N-methyl/N-ethyl adjacent to an activating group) is 1. The smallest absolute Gasteiger partial charge is 0.245 e. The number of nitrogens with zero attached hydrogens (tertiary/aromatic N) is 2. The lowest BCUT2D eigenvalue weighted by molar-refractivity contribution is -0.138. The van der Waals surface area contributed by atoms with Gasteiger partial charge in [0.25, 0.3) is 0 Å². The van der Waals surface area contributed by atoms with Crippen LogP contribution in [0.1, 0.15) is 36.8 Å². The summed E-state index contributed by atoms with van der Waals surface area (Å²) in [6.07, 6.45) is 3.75. The van der Waals surface area contributed by atoms with E-state index >= 15 is 0 Å². The van der Waals surface area contributed by atoms with Gasteiger partial charge in [0.1, 0.15) is 6.04 Å². The summed E-state index contributed by atoms with van der Waals surface area (Å²) in [5, 5.41) is 4.17. The second-order valence-electron chi connectivity index (χ2n) is 9.24. The molecule has 1 saturated heterocycles. The molecule has 1 aliphatic carbocycles. The topological polar surface area (TPSA) is 52.6 Å². The van der Waals surface area contributed by atoms with Crippen LogP contribution in [0, 0.1) is 0 Å². The number of carbonyl (C=O) groups excluding carboxylic acids is 2. The first-order valence-electron chi connectivity index (χ1n) is 11.7. The van der Waals surface area contributed by atoms with Crippen molar-refractivity contribution < 1.29 is 9.59 Å². The fourth-order valence-electron chi connectivity index (χ4n) is 4.58. The van der Waals surface area contributed by atoms with Gasteiger partial charge in [0.15, 0.2) is 0 Å². The first-order chi connectivity index (χ1) is 15.9. The highest BCUT2D eigenvalue weighted by atomic mass is 35.5. The van der Waals surface area contributed by atoms with Gasteiger partial charge in [-0.1, -0.05) is 59.6 Å². The number of aryl methyl sites for hydroxylation is 1. The van der Waals surface area contributed by atoms with Crippen molar-refractivity contribution in [3.8, 4) is 0 Å². The van der Waals surface area contributed by atoms with E-state index < -0.39 is 11.5 Å². The summed E-state index contributed by atoms with van der Waals surface area (Å²) >= 11 is 12.5. The monoisotopic (exact) mass is 487 g/mol. The van der Waals surface area contributed by atoms with E-state index in [1.807, 2.05) is 29.2 Å². The number of nitrogens with one attached hydrogen (secondary N) is 1. The molecule has 0 aromatic heterocycles. The van der Waals surface area contributed by atoms with Crippen molar-refractivity contribution in [1.29, 1.82) is 0 Å². The third-order valence-corrected chi connectivity index (χ3v) is 7.40. The third-order valence-electron chi connectivity index (χ3n) is 6.85. The Balaban J connectivity index is 1.47. The highest BCUT2D eigenvalue weighted by Crippen LogP contribution is 2.51. The average Bonchev–Trinajstić information content (AvgIpc) is 3.61. The third kappa shape index (κ3) is 5.71. The quantitative estimate of drug-likeness (QED) is 0.603. The molecule has 2 aromatic rings. The normalized spacial score (nSPS) is 18.6. The molecule has 176 valence electrons.